The van der Waals surface area contributed by atoms with Crippen molar-refractivity contribution in [3.8, 4) is 0 Å². The number of aromatic nitrogens is 2. The molecule has 0 aromatic carbocycles. The second-order valence-electron chi connectivity index (χ2n) is 10.9. The minimum Gasteiger partial charge on any atom is -0.481 e. The number of β-amino-alcohol motifs (C(OH)–C–C–N with tert-alkyl or cyclic N) is 1. The zero-order valence-corrected chi connectivity index (χ0v) is 25.9. The Morgan fingerprint density at radius 1 is 1.00 bits per heavy atom. The highest BCUT2D eigenvalue weighted by atomic mass is 32.2. The van der Waals surface area contributed by atoms with E-state index < -0.39 is 5.97 Å². The van der Waals surface area contributed by atoms with Gasteiger partial charge in [-0.2, -0.15) is 0 Å². The van der Waals surface area contributed by atoms with Gasteiger partial charge in [0.1, 0.15) is 15.8 Å². The van der Waals surface area contributed by atoms with Gasteiger partial charge in [0.25, 0.3) is 11.5 Å². The summed E-state index contributed by atoms with van der Waals surface area (Å²) in [6.45, 7) is 6.03. The maximum absolute atomic E-state index is 13.8. The summed E-state index contributed by atoms with van der Waals surface area (Å²) < 4.78 is 2.05. The van der Waals surface area contributed by atoms with Crippen molar-refractivity contribution in [2.45, 2.75) is 64.7 Å². The summed E-state index contributed by atoms with van der Waals surface area (Å²) in [5.74, 6) is -0.331. The Kier molecular flexibility index (Phi) is 11.9. The summed E-state index contributed by atoms with van der Waals surface area (Å²) in [7, 11) is 0. The van der Waals surface area contributed by atoms with E-state index in [0.717, 1.165) is 70.0 Å². The number of unbranched alkanes of at least 4 members (excludes halogenated alkanes) is 7. The van der Waals surface area contributed by atoms with Crippen LogP contribution in [0.2, 0.25) is 0 Å². The maximum Gasteiger partial charge on any atom is 0.303 e. The number of carboxylic acids is 1. The highest BCUT2D eigenvalue weighted by Crippen LogP contribution is 2.34. The highest BCUT2D eigenvalue weighted by Gasteiger charge is 2.33. The highest BCUT2D eigenvalue weighted by molar-refractivity contribution is 8.26. The van der Waals surface area contributed by atoms with Crippen LogP contribution in [0.4, 0.5) is 5.82 Å². The minimum atomic E-state index is -0.731. The van der Waals surface area contributed by atoms with Gasteiger partial charge in [-0.25, -0.2) is 4.98 Å². The quantitative estimate of drug-likeness (QED) is 0.173. The molecule has 0 aliphatic carbocycles. The molecule has 12 heteroatoms. The fraction of sp³-hybridized carbons (Fsp3) is 0.567. The van der Waals surface area contributed by atoms with Gasteiger partial charge < -0.3 is 15.1 Å². The Morgan fingerprint density at radius 2 is 1.67 bits per heavy atom. The number of aryl methyl sites for hydroxylation is 1. The average molecular weight is 616 g/mol. The third-order valence-corrected chi connectivity index (χ3v) is 9.12. The number of carbonyl (C=O) groups excluding carboxylic acids is 1. The van der Waals surface area contributed by atoms with E-state index in [9.17, 15) is 19.5 Å². The van der Waals surface area contributed by atoms with Crippen molar-refractivity contribution in [2.24, 2.45) is 0 Å². The molecule has 0 spiro atoms. The second-order valence-corrected chi connectivity index (χ2v) is 12.6. The van der Waals surface area contributed by atoms with Gasteiger partial charge in [-0.15, -0.1) is 0 Å². The molecule has 0 atom stereocenters. The van der Waals surface area contributed by atoms with Crippen LogP contribution in [0.15, 0.2) is 28.0 Å². The van der Waals surface area contributed by atoms with Crippen LogP contribution < -0.4 is 10.5 Å². The van der Waals surface area contributed by atoms with Crippen molar-refractivity contribution >= 4 is 57.7 Å². The number of hydrogen-bond acceptors (Lipinski definition) is 9. The average Bonchev–Trinajstić information content (AvgIpc) is 3.23. The van der Waals surface area contributed by atoms with Crippen molar-refractivity contribution in [3.05, 3.63) is 44.7 Å². The number of piperazine rings is 1. The van der Waals surface area contributed by atoms with E-state index in [4.69, 9.17) is 22.3 Å². The van der Waals surface area contributed by atoms with Crippen LogP contribution in [0, 0.1) is 6.92 Å². The fourth-order valence-electron chi connectivity index (χ4n) is 5.37. The lowest BCUT2D eigenvalue weighted by atomic mass is 10.1. The Morgan fingerprint density at radius 3 is 2.33 bits per heavy atom. The van der Waals surface area contributed by atoms with Gasteiger partial charge in [-0.3, -0.25) is 28.6 Å². The van der Waals surface area contributed by atoms with Crippen LogP contribution in [0.25, 0.3) is 11.7 Å². The lowest BCUT2D eigenvalue weighted by molar-refractivity contribution is -0.137. The predicted octanol–water partition coefficient (Wildman–Crippen LogP) is 3.91. The molecule has 0 bridgehead atoms. The first-order chi connectivity index (χ1) is 20.3. The number of aliphatic hydroxyl groups excluding tert-OH is 1. The first-order valence-corrected chi connectivity index (χ1v) is 16.1. The molecule has 2 aromatic rings. The zero-order chi connectivity index (χ0) is 30.1. The number of aliphatic hydroxyl groups is 1. The summed E-state index contributed by atoms with van der Waals surface area (Å²) in [4.78, 5) is 49.0. The van der Waals surface area contributed by atoms with Crippen LogP contribution in [-0.4, -0.2) is 91.5 Å². The number of rotatable bonds is 15. The second kappa shape index (κ2) is 15.6. The van der Waals surface area contributed by atoms with Gasteiger partial charge >= 0.3 is 5.97 Å². The number of nitrogens with zero attached hydrogens (tertiary/aromatic N) is 5. The largest absolute Gasteiger partial charge is 0.481 e. The van der Waals surface area contributed by atoms with Crippen LogP contribution >= 0.6 is 24.0 Å². The number of hydrogen-bond donors (Lipinski definition) is 2. The Bertz CT molecular complexity index is 1370. The molecule has 2 aromatic heterocycles. The van der Waals surface area contributed by atoms with Crippen molar-refractivity contribution in [1.82, 2.24) is 19.2 Å². The zero-order valence-electron chi connectivity index (χ0n) is 24.3. The number of amides is 1. The lowest BCUT2D eigenvalue weighted by Crippen LogP contribution is -2.48. The molecule has 4 rings (SSSR count). The molecule has 2 aliphatic heterocycles. The molecule has 2 saturated heterocycles. The summed E-state index contributed by atoms with van der Waals surface area (Å²) in [6.07, 6.45) is 11.5. The number of anilines is 1. The SMILES string of the molecule is Cc1ccc2nc(N3CCN(CCO)CC3)c(C=C3SC(=S)N(CCCCCCCCCCC(=O)O)C3=O)c(=O)n2c1. The van der Waals surface area contributed by atoms with Crippen molar-refractivity contribution in [2.75, 3.05) is 50.8 Å². The van der Waals surface area contributed by atoms with E-state index in [-0.39, 0.29) is 24.5 Å². The first-order valence-electron chi connectivity index (χ1n) is 14.9. The number of aliphatic carboxylic acids is 1. The van der Waals surface area contributed by atoms with E-state index in [0.29, 0.717) is 52.4 Å². The number of fused-ring (bicyclic) bond motifs is 1. The number of thiocarbonyl (C=S) groups is 1. The van der Waals surface area contributed by atoms with Crippen LogP contribution in [0.1, 0.15) is 68.9 Å². The Hall–Kier alpha value is -2.80. The number of carbonyl (C=O) groups is 2. The van der Waals surface area contributed by atoms with E-state index in [2.05, 4.69) is 9.80 Å². The Labute approximate surface area is 256 Å². The molecule has 0 saturated carbocycles. The van der Waals surface area contributed by atoms with Crippen molar-refractivity contribution in [1.29, 1.82) is 0 Å². The molecule has 2 aliphatic rings. The maximum atomic E-state index is 13.8. The van der Waals surface area contributed by atoms with Gasteiger partial charge in [0.2, 0.25) is 0 Å². The van der Waals surface area contributed by atoms with Crippen molar-refractivity contribution < 1.29 is 19.8 Å². The number of pyridine rings is 1. The predicted molar refractivity (Wildman–Crippen MR) is 171 cm³/mol. The minimum absolute atomic E-state index is 0.109. The summed E-state index contributed by atoms with van der Waals surface area (Å²) >= 11 is 6.80. The van der Waals surface area contributed by atoms with Gasteiger partial charge in [0, 0.05) is 51.9 Å². The number of thioether (sulfide) groups is 1. The molecule has 0 radical (unpaired) electrons. The summed E-state index contributed by atoms with van der Waals surface area (Å²) in [5.41, 5.74) is 1.66. The Balaban J connectivity index is 1.42. The topological polar surface area (TPSA) is 119 Å². The van der Waals surface area contributed by atoms with Gasteiger partial charge in [-0.1, -0.05) is 68.6 Å². The third-order valence-electron chi connectivity index (χ3n) is 7.74. The fourth-order valence-corrected chi connectivity index (χ4v) is 6.66. The molecule has 2 N–H and O–H groups in total. The van der Waals surface area contributed by atoms with E-state index in [1.54, 1.807) is 21.6 Å². The summed E-state index contributed by atoms with van der Waals surface area (Å²) in [5, 5.41) is 18.0. The van der Waals surface area contributed by atoms with E-state index in [1.165, 1.54) is 11.8 Å². The van der Waals surface area contributed by atoms with Crippen LogP contribution in [0.5, 0.6) is 0 Å². The molecule has 1 amide bonds. The third kappa shape index (κ3) is 8.40. The summed E-state index contributed by atoms with van der Waals surface area (Å²) in [6, 6.07) is 3.77. The number of carboxylic acid groups (broad SMARTS) is 1. The van der Waals surface area contributed by atoms with Crippen molar-refractivity contribution in [3.63, 3.8) is 0 Å². The van der Waals surface area contributed by atoms with E-state index in [1.807, 2.05) is 19.1 Å². The van der Waals surface area contributed by atoms with Crippen LogP contribution in [-0.2, 0) is 9.59 Å². The first kappa shape index (κ1) is 32.1. The molecular formula is C30H41N5O5S2. The standard InChI is InChI=1S/C30H41N5O5S2/c1-22-11-12-25-31-27(33-16-14-32(15-17-33)18-19-36)23(28(39)35(25)21-22)20-24-29(40)34(30(41)42-24)13-9-7-5-3-2-4-6-8-10-26(37)38/h11-12,20-21,36H,2-10,13-19H2,1H3,(H,37,38). The molecule has 42 heavy (non-hydrogen) atoms. The van der Waals surface area contributed by atoms with Crippen LogP contribution in [0.3, 0.4) is 0 Å². The normalized spacial score (nSPS) is 17.2. The van der Waals surface area contributed by atoms with Gasteiger partial charge in [0.05, 0.1) is 17.1 Å². The van der Waals surface area contributed by atoms with Gasteiger partial charge in [-0.05, 0) is 37.5 Å². The molecule has 228 valence electrons. The van der Waals surface area contributed by atoms with Gasteiger partial charge in [0.15, 0.2) is 0 Å². The lowest BCUT2D eigenvalue weighted by Gasteiger charge is -2.35. The monoisotopic (exact) mass is 615 g/mol. The molecular weight excluding hydrogens is 574 g/mol. The molecule has 0 unspecified atom stereocenters. The van der Waals surface area contributed by atoms with E-state index >= 15 is 0 Å². The molecule has 10 nitrogen and oxygen atoms in total. The molecule has 4 heterocycles. The smallest absolute Gasteiger partial charge is 0.303 e. The molecule has 2 fully saturated rings.